The minimum Gasteiger partial charge on any atom is -0.481 e. The van der Waals surface area contributed by atoms with Crippen molar-refractivity contribution in [3.63, 3.8) is 0 Å². The molecule has 1 heterocycles. The summed E-state index contributed by atoms with van der Waals surface area (Å²) in [6, 6.07) is 9.17. The van der Waals surface area contributed by atoms with Gasteiger partial charge in [0.05, 0.1) is 0 Å². The molecule has 22 heavy (non-hydrogen) atoms. The third-order valence-corrected chi connectivity index (χ3v) is 4.87. The van der Waals surface area contributed by atoms with Crippen LogP contribution in [0.5, 0.6) is 5.75 Å². The van der Waals surface area contributed by atoms with Gasteiger partial charge >= 0.3 is 0 Å². The predicted octanol–water partition coefficient (Wildman–Crippen LogP) is 4.22. The molecule has 1 atom stereocenters. The molecule has 2 rings (SSSR count). The summed E-state index contributed by atoms with van der Waals surface area (Å²) in [6.45, 7) is 2.37. The number of carbonyl (C=O) groups is 1. The van der Waals surface area contributed by atoms with Gasteiger partial charge in [0.1, 0.15) is 5.75 Å². The second-order valence-electron chi connectivity index (χ2n) is 4.69. The van der Waals surface area contributed by atoms with E-state index in [1.165, 1.54) is 5.56 Å². The number of benzene rings is 1. The van der Waals surface area contributed by atoms with E-state index in [0.717, 1.165) is 11.5 Å². The number of hydrogen-bond acceptors (Lipinski definition) is 4. The van der Waals surface area contributed by atoms with Gasteiger partial charge in [0, 0.05) is 23.1 Å². The van der Waals surface area contributed by atoms with E-state index in [4.69, 9.17) is 16.3 Å². The van der Waals surface area contributed by atoms with Crippen LogP contribution in [0.3, 0.4) is 0 Å². The molecule has 0 spiro atoms. The minimum absolute atomic E-state index is 0.115. The first-order valence-electron chi connectivity index (χ1n) is 6.94. The zero-order chi connectivity index (χ0) is 15.8. The number of thiophene rings is 1. The standard InChI is InChI=1S/C16H18ClNO2S2/c1-12(20-15-4-2-3-14(17)9-15)16(19)18-6-8-22-11-13-5-7-21-10-13/h2-5,7,9-10,12H,6,8,11H2,1H3,(H,18,19). The van der Waals surface area contributed by atoms with E-state index < -0.39 is 6.10 Å². The second-order valence-corrected chi connectivity index (χ2v) is 7.01. The summed E-state index contributed by atoms with van der Waals surface area (Å²) in [5.74, 6) is 2.34. The third kappa shape index (κ3) is 5.91. The summed E-state index contributed by atoms with van der Waals surface area (Å²) in [5.41, 5.74) is 1.33. The molecule has 0 saturated heterocycles. The SMILES string of the molecule is CC(Oc1cccc(Cl)c1)C(=O)NCCSCc1ccsc1. The van der Waals surface area contributed by atoms with Gasteiger partial charge in [0.25, 0.3) is 5.91 Å². The average Bonchev–Trinajstić information content (AvgIpc) is 3.00. The minimum atomic E-state index is -0.541. The average molecular weight is 356 g/mol. The molecule has 1 aromatic carbocycles. The molecule has 0 aliphatic carbocycles. The molecule has 0 bridgehead atoms. The maximum absolute atomic E-state index is 11.9. The van der Waals surface area contributed by atoms with Crippen LogP contribution in [-0.2, 0) is 10.5 Å². The highest BCUT2D eigenvalue weighted by atomic mass is 35.5. The molecule has 1 N–H and O–H groups in total. The van der Waals surface area contributed by atoms with Crippen LogP contribution >= 0.6 is 34.7 Å². The summed E-state index contributed by atoms with van der Waals surface area (Å²) in [5, 5.41) is 7.70. The first-order chi connectivity index (χ1) is 10.6. The Morgan fingerprint density at radius 3 is 3.05 bits per heavy atom. The van der Waals surface area contributed by atoms with Gasteiger partial charge in [-0.25, -0.2) is 0 Å². The highest BCUT2D eigenvalue weighted by Gasteiger charge is 2.13. The zero-order valence-electron chi connectivity index (χ0n) is 12.3. The summed E-state index contributed by atoms with van der Waals surface area (Å²) < 4.78 is 5.57. The van der Waals surface area contributed by atoms with Crippen LogP contribution in [0.4, 0.5) is 0 Å². The zero-order valence-corrected chi connectivity index (χ0v) is 14.6. The molecular formula is C16H18ClNO2S2. The number of halogens is 1. The molecule has 118 valence electrons. The number of nitrogens with one attached hydrogen (secondary N) is 1. The number of rotatable bonds is 8. The Hall–Kier alpha value is -1.17. The van der Waals surface area contributed by atoms with Crippen LogP contribution in [0.15, 0.2) is 41.1 Å². The van der Waals surface area contributed by atoms with Gasteiger partial charge in [-0.3, -0.25) is 4.79 Å². The van der Waals surface area contributed by atoms with Gasteiger partial charge in [-0.2, -0.15) is 23.1 Å². The highest BCUT2D eigenvalue weighted by molar-refractivity contribution is 7.98. The largest absolute Gasteiger partial charge is 0.481 e. The maximum Gasteiger partial charge on any atom is 0.260 e. The van der Waals surface area contributed by atoms with E-state index in [2.05, 4.69) is 22.1 Å². The van der Waals surface area contributed by atoms with Crippen molar-refractivity contribution < 1.29 is 9.53 Å². The molecule has 3 nitrogen and oxygen atoms in total. The van der Waals surface area contributed by atoms with Crippen molar-refractivity contribution in [2.75, 3.05) is 12.3 Å². The lowest BCUT2D eigenvalue weighted by Crippen LogP contribution is -2.37. The van der Waals surface area contributed by atoms with Gasteiger partial charge in [0.2, 0.25) is 0 Å². The van der Waals surface area contributed by atoms with Crippen LogP contribution in [0.25, 0.3) is 0 Å². The van der Waals surface area contributed by atoms with Crippen molar-refractivity contribution in [2.24, 2.45) is 0 Å². The Bertz CT molecular complexity index is 590. The van der Waals surface area contributed by atoms with E-state index in [0.29, 0.717) is 17.3 Å². The van der Waals surface area contributed by atoms with E-state index in [-0.39, 0.29) is 5.91 Å². The van der Waals surface area contributed by atoms with Crippen LogP contribution < -0.4 is 10.1 Å². The van der Waals surface area contributed by atoms with Crippen molar-refractivity contribution in [1.82, 2.24) is 5.32 Å². The normalized spacial score (nSPS) is 11.9. The Morgan fingerprint density at radius 2 is 2.32 bits per heavy atom. The Morgan fingerprint density at radius 1 is 1.45 bits per heavy atom. The van der Waals surface area contributed by atoms with Crippen molar-refractivity contribution in [3.05, 3.63) is 51.7 Å². The predicted molar refractivity (Wildman–Crippen MR) is 95.0 cm³/mol. The van der Waals surface area contributed by atoms with Crippen LogP contribution in [0, 0.1) is 0 Å². The van der Waals surface area contributed by atoms with E-state index in [1.54, 1.807) is 54.3 Å². The van der Waals surface area contributed by atoms with E-state index >= 15 is 0 Å². The quantitative estimate of drug-likeness (QED) is 0.720. The lowest BCUT2D eigenvalue weighted by Gasteiger charge is -2.14. The number of amides is 1. The van der Waals surface area contributed by atoms with Crippen LogP contribution in [-0.4, -0.2) is 24.3 Å². The molecule has 0 aliphatic rings. The maximum atomic E-state index is 11.9. The number of hydrogen-bond donors (Lipinski definition) is 1. The molecule has 0 fully saturated rings. The number of ether oxygens (including phenoxy) is 1. The fourth-order valence-corrected chi connectivity index (χ4v) is 3.51. The lowest BCUT2D eigenvalue weighted by atomic mass is 10.3. The van der Waals surface area contributed by atoms with Gasteiger partial charge < -0.3 is 10.1 Å². The smallest absolute Gasteiger partial charge is 0.260 e. The number of carbonyl (C=O) groups excluding carboxylic acids is 1. The molecule has 0 aliphatic heterocycles. The topological polar surface area (TPSA) is 38.3 Å². The monoisotopic (exact) mass is 355 g/mol. The van der Waals surface area contributed by atoms with Crippen molar-refractivity contribution >= 4 is 40.6 Å². The first kappa shape index (κ1) is 17.2. The Balaban J connectivity index is 1.64. The summed E-state index contributed by atoms with van der Waals surface area (Å²) >= 11 is 9.40. The van der Waals surface area contributed by atoms with E-state index in [9.17, 15) is 4.79 Å². The molecule has 1 aromatic heterocycles. The molecule has 0 saturated carbocycles. The Labute approximate surface area is 144 Å². The molecule has 1 amide bonds. The van der Waals surface area contributed by atoms with Gasteiger partial charge in [-0.1, -0.05) is 17.7 Å². The second kappa shape index (κ2) is 9.08. The third-order valence-electron chi connectivity index (χ3n) is 2.87. The lowest BCUT2D eigenvalue weighted by molar-refractivity contribution is -0.127. The molecule has 6 heteroatoms. The first-order valence-corrected chi connectivity index (χ1v) is 9.41. The fraction of sp³-hybridized carbons (Fsp3) is 0.312. The van der Waals surface area contributed by atoms with Crippen LogP contribution in [0.1, 0.15) is 12.5 Å². The molecule has 0 radical (unpaired) electrons. The van der Waals surface area contributed by atoms with E-state index in [1.807, 2.05) is 0 Å². The van der Waals surface area contributed by atoms with Crippen molar-refractivity contribution in [1.29, 1.82) is 0 Å². The van der Waals surface area contributed by atoms with Crippen molar-refractivity contribution in [2.45, 2.75) is 18.8 Å². The summed E-state index contributed by atoms with van der Waals surface area (Å²) in [7, 11) is 0. The van der Waals surface area contributed by atoms with Gasteiger partial charge in [-0.05, 0) is 47.5 Å². The summed E-state index contributed by atoms with van der Waals surface area (Å²) in [6.07, 6.45) is -0.541. The van der Waals surface area contributed by atoms with Crippen LogP contribution in [0.2, 0.25) is 5.02 Å². The molecule has 2 aromatic rings. The fourth-order valence-electron chi connectivity index (χ4n) is 1.75. The summed E-state index contributed by atoms with van der Waals surface area (Å²) in [4.78, 5) is 11.9. The number of thioether (sulfide) groups is 1. The molecular weight excluding hydrogens is 338 g/mol. The highest BCUT2D eigenvalue weighted by Crippen LogP contribution is 2.18. The van der Waals surface area contributed by atoms with Crippen molar-refractivity contribution in [3.8, 4) is 5.75 Å². The molecule has 1 unspecified atom stereocenters. The Kier molecular flexibility index (Phi) is 7.09. The van der Waals surface area contributed by atoms with Gasteiger partial charge in [-0.15, -0.1) is 0 Å². The van der Waals surface area contributed by atoms with Gasteiger partial charge in [0.15, 0.2) is 6.10 Å².